The normalized spacial score (nSPS) is 22.2. The monoisotopic (exact) mass is 410 g/mol. The van der Waals surface area contributed by atoms with Gasteiger partial charge in [0.05, 0.1) is 13.0 Å². The zero-order chi connectivity index (χ0) is 21.0. The number of rotatable bonds is 7. The summed E-state index contributed by atoms with van der Waals surface area (Å²) < 4.78 is 42.5. The van der Waals surface area contributed by atoms with Gasteiger partial charge < -0.3 is 9.64 Å². The van der Waals surface area contributed by atoms with E-state index in [0.717, 1.165) is 25.7 Å². The zero-order valence-corrected chi connectivity index (χ0v) is 16.4. The fourth-order valence-electron chi connectivity index (χ4n) is 4.15. The molecule has 1 aromatic heterocycles. The Balaban J connectivity index is 1.35. The Labute approximate surface area is 168 Å². The number of carbonyl (C=O) groups excluding carboxylic acids is 1. The van der Waals surface area contributed by atoms with Gasteiger partial charge in [-0.3, -0.25) is 4.79 Å². The number of amides is 1. The van der Waals surface area contributed by atoms with E-state index in [4.69, 9.17) is 10.00 Å². The fraction of sp³-hybridized carbons (Fsp3) is 0.700. The largest absolute Gasteiger partial charge is 0.478 e. The summed E-state index contributed by atoms with van der Waals surface area (Å²) in [5.41, 5.74) is 0.285. The molecule has 9 heteroatoms. The van der Waals surface area contributed by atoms with Crippen molar-refractivity contribution < 1.29 is 22.7 Å². The van der Waals surface area contributed by atoms with E-state index in [1.54, 1.807) is 11.8 Å². The third-order valence-corrected chi connectivity index (χ3v) is 5.77. The van der Waals surface area contributed by atoms with Crippen molar-refractivity contribution in [2.75, 3.05) is 19.7 Å². The van der Waals surface area contributed by atoms with E-state index in [0.29, 0.717) is 49.2 Å². The Morgan fingerprint density at radius 2 is 2.07 bits per heavy atom. The highest BCUT2D eigenvalue weighted by molar-refractivity contribution is 5.76. The molecular weight excluding hydrogens is 385 g/mol. The van der Waals surface area contributed by atoms with Crippen LogP contribution < -0.4 is 4.74 Å². The number of aromatic nitrogens is 2. The van der Waals surface area contributed by atoms with Gasteiger partial charge in [0.1, 0.15) is 17.6 Å². The molecule has 0 N–H and O–H groups in total. The van der Waals surface area contributed by atoms with Gasteiger partial charge in [-0.2, -0.15) is 23.4 Å². The zero-order valence-electron chi connectivity index (χ0n) is 16.4. The van der Waals surface area contributed by atoms with Crippen LogP contribution in [-0.4, -0.2) is 46.6 Å². The molecule has 1 aromatic rings. The number of carbonyl (C=O) groups is 1. The highest BCUT2D eigenvalue weighted by Crippen LogP contribution is 2.49. The van der Waals surface area contributed by atoms with Gasteiger partial charge in [0.15, 0.2) is 0 Å². The summed E-state index contributed by atoms with van der Waals surface area (Å²) in [5.74, 6) is 2.23. The van der Waals surface area contributed by atoms with Crippen LogP contribution in [0.2, 0.25) is 0 Å². The van der Waals surface area contributed by atoms with Gasteiger partial charge in [-0.1, -0.05) is 0 Å². The molecule has 2 atom stereocenters. The molecule has 0 bridgehead atoms. The third kappa shape index (κ3) is 6.31. The molecule has 1 aliphatic carbocycles. The van der Waals surface area contributed by atoms with E-state index in [1.165, 1.54) is 6.07 Å². The molecule has 29 heavy (non-hydrogen) atoms. The Bertz CT molecular complexity index is 770. The smallest absolute Gasteiger partial charge is 0.389 e. The predicted molar refractivity (Wildman–Crippen MR) is 97.8 cm³/mol. The maximum Gasteiger partial charge on any atom is 0.389 e. The number of hydrogen-bond acceptors (Lipinski definition) is 5. The second kappa shape index (κ2) is 8.97. The first-order chi connectivity index (χ1) is 13.7. The summed E-state index contributed by atoms with van der Waals surface area (Å²) in [7, 11) is 0. The van der Waals surface area contributed by atoms with Crippen LogP contribution in [0.3, 0.4) is 0 Å². The van der Waals surface area contributed by atoms with Crippen LogP contribution in [0.15, 0.2) is 6.07 Å². The minimum absolute atomic E-state index is 0.285. The molecule has 1 aliphatic heterocycles. The molecule has 0 spiro atoms. The van der Waals surface area contributed by atoms with Gasteiger partial charge in [0.2, 0.25) is 11.8 Å². The average molecular weight is 410 g/mol. The molecule has 1 amide bonds. The number of likely N-dealkylation sites (tertiary alicyclic amines) is 1. The van der Waals surface area contributed by atoms with E-state index in [-0.39, 0.29) is 5.69 Å². The summed E-state index contributed by atoms with van der Waals surface area (Å²) in [6.45, 7) is 3.35. The van der Waals surface area contributed by atoms with Crippen molar-refractivity contribution in [2.24, 2.45) is 17.8 Å². The molecule has 6 nitrogen and oxygen atoms in total. The maximum absolute atomic E-state index is 12.3. The second-order valence-corrected chi connectivity index (χ2v) is 7.88. The van der Waals surface area contributed by atoms with E-state index in [2.05, 4.69) is 9.97 Å². The van der Waals surface area contributed by atoms with E-state index in [1.807, 2.05) is 6.07 Å². The number of aryl methyl sites for hydroxylation is 1. The fourth-order valence-corrected chi connectivity index (χ4v) is 4.15. The van der Waals surface area contributed by atoms with Gasteiger partial charge in [-0.05, 0) is 50.4 Å². The van der Waals surface area contributed by atoms with Crippen molar-refractivity contribution in [3.8, 4) is 11.9 Å². The number of nitriles is 1. The maximum atomic E-state index is 12.3. The van der Waals surface area contributed by atoms with Gasteiger partial charge in [0, 0.05) is 25.6 Å². The molecule has 2 fully saturated rings. The summed E-state index contributed by atoms with van der Waals surface area (Å²) >= 11 is 0. The molecule has 1 saturated heterocycles. The van der Waals surface area contributed by atoms with Crippen LogP contribution in [0.4, 0.5) is 13.2 Å². The lowest BCUT2D eigenvalue weighted by molar-refractivity contribution is -0.149. The van der Waals surface area contributed by atoms with Crippen LogP contribution >= 0.6 is 0 Å². The van der Waals surface area contributed by atoms with Gasteiger partial charge in [-0.15, -0.1) is 0 Å². The van der Waals surface area contributed by atoms with Gasteiger partial charge in [0.25, 0.3) is 0 Å². The van der Waals surface area contributed by atoms with Gasteiger partial charge in [-0.25, -0.2) is 4.98 Å². The third-order valence-electron chi connectivity index (χ3n) is 5.77. The van der Waals surface area contributed by atoms with Crippen molar-refractivity contribution in [1.29, 1.82) is 5.26 Å². The first kappa shape index (κ1) is 21.3. The minimum Gasteiger partial charge on any atom is -0.478 e. The molecule has 3 rings (SSSR count). The number of alkyl halides is 3. The van der Waals surface area contributed by atoms with Crippen LogP contribution in [-0.2, 0) is 4.79 Å². The van der Waals surface area contributed by atoms with Crippen LogP contribution in [0.25, 0.3) is 0 Å². The Hall–Kier alpha value is -2.37. The lowest BCUT2D eigenvalue weighted by Gasteiger charge is -2.32. The highest BCUT2D eigenvalue weighted by Gasteiger charge is 2.43. The summed E-state index contributed by atoms with van der Waals surface area (Å²) in [4.78, 5) is 21.7. The first-order valence-electron chi connectivity index (χ1n) is 9.98. The van der Waals surface area contributed by atoms with Crippen LogP contribution in [0.5, 0.6) is 5.88 Å². The quantitative estimate of drug-likeness (QED) is 0.686. The lowest BCUT2D eigenvalue weighted by Crippen LogP contribution is -2.39. The standard InChI is InChI=1S/C20H25F3N4O2/c1-13-25-16(12-24)11-18(26-13)29-9-5-15-10-17(15)14-3-7-27(8-4-14)19(28)2-6-20(21,22)23/h11,14-15,17H,2-10H2,1H3. The molecular formula is C20H25F3N4O2. The predicted octanol–water partition coefficient (Wildman–Crippen LogP) is 3.64. The first-order valence-corrected chi connectivity index (χ1v) is 9.98. The number of hydrogen-bond donors (Lipinski definition) is 0. The van der Waals surface area contributed by atoms with Crippen molar-refractivity contribution in [3.63, 3.8) is 0 Å². The van der Waals surface area contributed by atoms with Crippen molar-refractivity contribution >= 4 is 5.91 Å². The second-order valence-electron chi connectivity index (χ2n) is 7.88. The number of ether oxygens (including phenoxy) is 1. The minimum atomic E-state index is -4.28. The number of halogens is 3. The van der Waals surface area contributed by atoms with E-state index in [9.17, 15) is 18.0 Å². The Morgan fingerprint density at radius 3 is 2.72 bits per heavy atom. The summed E-state index contributed by atoms with van der Waals surface area (Å²) in [5, 5.41) is 8.94. The molecule has 158 valence electrons. The van der Waals surface area contributed by atoms with E-state index < -0.39 is 24.9 Å². The molecule has 0 aromatic carbocycles. The molecule has 1 saturated carbocycles. The Morgan fingerprint density at radius 1 is 1.34 bits per heavy atom. The summed E-state index contributed by atoms with van der Waals surface area (Å²) in [6, 6.07) is 3.51. The summed E-state index contributed by atoms with van der Waals surface area (Å²) in [6.07, 6.45) is -2.03. The average Bonchev–Trinajstić information content (AvgIpc) is 3.44. The SMILES string of the molecule is Cc1nc(C#N)cc(OCCC2CC2C2CCN(C(=O)CCC(F)(F)F)CC2)n1. The molecule has 2 heterocycles. The van der Waals surface area contributed by atoms with Crippen molar-refractivity contribution in [2.45, 2.75) is 51.6 Å². The number of nitrogens with zero attached hydrogens (tertiary/aromatic N) is 4. The topological polar surface area (TPSA) is 79.1 Å². The Kier molecular flexibility index (Phi) is 6.60. The van der Waals surface area contributed by atoms with E-state index >= 15 is 0 Å². The van der Waals surface area contributed by atoms with Crippen LogP contribution in [0, 0.1) is 36.0 Å². The lowest BCUT2D eigenvalue weighted by atomic mass is 9.90. The highest BCUT2D eigenvalue weighted by atomic mass is 19.4. The van der Waals surface area contributed by atoms with Crippen molar-refractivity contribution in [3.05, 3.63) is 17.6 Å². The van der Waals surface area contributed by atoms with Gasteiger partial charge >= 0.3 is 6.18 Å². The number of piperidine rings is 1. The molecule has 2 unspecified atom stereocenters. The molecule has 2 aliphatic rings. The molecule has 0 radical (unpaired) electrons. The van der Waals surface area contributed by atoms with Crippen molar-refractivity contribution in [1.82, 2.24) is 14.9 Å². The van der Waals surface area contributed by atoms with Crippen LogP contribution in [0.1, 0.15) is 50.0 Å².